The minimum absolute atomic E-state index is 0.0989. The molecule has 0 saturated heterocycles. The molecular formula is C29H31ClN4O2. The fourth-order valence-corrected chi connectivity index (χ4v) is 4.25. The largest absolute Gasteiger partial charge is 0.327 e. The molecule has 7 heteroatoms. The van der Waals surface area contributed by atoms with Gasteiger partial charge in [-0.2, -0.15) is 5.10 Å². The van der Waals surface area contributed by atoms with Gasteiger partial charge in [-0.25, -0.2) is 4.68 Å². The van der Waals surface area contributed by atoms with E-state index in [9.17, 15) is 9.59 Å². The average molecular weight is 503 g/mol. The summed E-state index contributed by atoms with van der Waals surface area (Å²) in [4.78, 5) is 28.4. The summed E-state index contributed by atoms with van der Waals surface area (Å²) in [5.74, 6) is -0.00256. The van der Waals surface area contributed by atoms with Gasteiger partial charge in [-0.15, -0.1) is 0 Å². The molecule has 0 spiro atoms. The molecule has 4 aromatic rings. The van der Waals surface area contributed by atoms with Gasteiger partial charge in [0, 0.05) is 23.1 Å². The van der Waals surface area contributed by atoms with E-state index >= 15 is 0 Å². The average Bonchev–Trinajstić information content (AvgIpc) is 3.26. The number of hydrogen-bond acceptors (Lipinski definition) is 3. The second-order valence-electron chi connectivity index (χ2n) is 10.1. The minimum atomic E-state index is -0.314. The number of nitrogens with one attached hydrogen (secondary N) is 1. The van der Waals surface area contributed by atoms with Crippen molar-refractivity contribution in [2.45, 2.75) is 46.1 Å². The highest BCUT2D eigenvalue weighted by atomic mass is 35.5. The summed E-state index contributed by atoms with van der Waals surface area (Å²) in [6.45, 7) is 9.88. The topological polar surface area (TPSA) is 67.2 Å². The lowest BCUT2D eigenvalue weighted by Gasteiger charge is -2.27. The van der Waals surface area contributed by atoms with Crippen LogP contribution in [0.25, 0.3) is 16.5 Å². The van der Waals surface area contributed by atoms with Gasteiger partial charge >= 0.3 is 0 Å². The van der Waals surface area contributed by atoms with Crippen LogP contribution >= 0.6 is 11.6 Å². The number of aromatic nitrogens is 2. The van der Waals surface area contributed by atoms with Gasteiger partial charge in [0.25, 0.3) is 5.91 Å². The highest BCUT2D eigenvalue weighted by Gasteiger charge is 2.26. The third-order valence-electron chi connectivity index (χ3n) is 6.04. The Morgan fingerprint density at radius 2 is 1.67 bits per heavy atom. The SMILES string of the molecule is CC(C)N(CC(=O)Nc1cc(C(C)(C)C)nn1-c1ccccc1Cl)C(=O)c1cccc2ccccc12. The minimum Gasteiger partial charge on any atom is -0.327 e. The summed E-state index contributed by atoms with van der Waals surface area (Å²) < 4.78 is 1.65. The first-order chi connectivity index (χ1) is 17.1. The molecule has 0 fully saturated rings. The van der Waals surface area contributed by atoms with Crippen LogP contribution in [0.4, 0.5) is 5.82 Å². The number of para-hydroxylation sites is 1. The van der Waals surface area contributed by atoms with Crippen molar-refractivity contribution in [3.63, 3.8) is 0 Å². The van der Waals surface area contributed by atoms with Crippen LogP contribution in [0, 0.1) is 0 Å². The summed E-state index contributed by atoms with van der Waals surface area (Å²) >= 11 is 6.45. The number of benzene rings is 3. The quantitative estimate of drug-likeness (QED) is 0.328. The van der Waals surface area contributed by atoms with Crippen molar-refractivity contribution >= 4 is 40.0 Å². The molecule has 0 radical (unpaired) electrons. The number of amides is 2. The zero-order chi connectivity index (χ0) is 26.0. The summed E-state index contributed by atoms with van der Waals surface area (Å²) in [5.41, 5.74) is 1.81. The highest BCUT2D eigenvalue weighted by molar-refractivity contribution is 6.32. The molecule has 0 aliphatic rings. The predicted molar refractivity (Wildman–Crippen MR) is 146 cm³/mol. The maximum Gasteiger partial charge on any atom is 0.255 e. The smallest absolute Gasteiger partial charge is 0.255 e. The van der Waals surface area contributed by atoms with Gasteiger partial charge in [0.05, 0.1) is 16.4 Å². The number of carbonyl (C=O) groups is 2. The van der Waals surface area contributed by atoms with Crippen molar-refractivity contribution < 1.29 is 9.59 Å². The van der Waals surface area contributed by atoms with Crippen LogP contribution < -0.4 is 5.32 Å². The van der Waals surface area contributed by atoms with Gasteiger partial charge in [-0.3, -0.25) is 9.59 Å². The lowest BCUT2D eigenvalue weighted by Crippen LogP contribution is -2.42. The Balaban J connectivity index is 1.63. The Morgan fingerprint density at radius 1 is 1.00 bits per heavy atom. The third kappa shape index (κ3) is 5.29. The molecule has 0 saturated carbocycles. The van der Waals surface area contributed by atoms with Gasteiger partial charge in [-0.05, 0) is 42.8 Å². The van der Waals surface area contributed by atoms with Crippen molar-refractivity contribution in [2.24, 2.45) is 0 Å². The molecule has 0 atom stereocenters. The molecule has 1 heterocycles. The fraction of sp³-hybridized carbons (Fsp3) is 0.276. The molecular weight excluding hydrogens is 472 g/mol. The molecule has 3 aromatic carbocycles. The number of hydrogen-bond donors (Lipinski definition) is 1. The Labute approximate surface area is 216 Å². The molecule has 1 aromatic heterocycles. The summed E-state index contributed by atoms with van der Waals surface area (Å²) in [6, 6.07) is 22.4. The standard InChI is InChI=1S/C29H31ClN4O2/c1-19(2)33(28(36)22-14-10-12-20-11-6-7-13-21(20)22)18-27(35)31-26-17-25(29(3,4)5)32-34(26)24-16-9-8-15-23(24)30/h6-17,19H,18H2,1-5H3,(H,31,35). The van der Waals surface area contributed by atoms with E-state index in [-0.39, 0.29) is 29.8 Å². The molecule has 0 bridgehead atoms. The highest BCUT2D eigenvalue weighted by Crippen LogP contribution is 2.29. The Kier molecular flexibility index (Phi) is 7.18. The summed E-state index contributed by atoms with van der Waals surface area (Å²) in [7, 11) is 0. The van der Waals surface area contributed by atoms with E-state index in [1.54, 1.807) is 21.7 Å². The van der Waals surface area contributed by atoms with E-state index in [1.807, 2.05) is 74.5 Å². The molecule has 4 rings (SSSR count). The number of nitrogens with zero attached hydrogens (tertiary/aromatic N) is 3. The van der Waals surface area contributed by atoms with Crippen LogP contribution in [0.3, 0.4) is 0 Å². The van der Waals surface area contributed by atoms with E-state index in [1.165, 1.54) is 0 Å². The Morgan fingerprint density at radius 3 is 2.36 bits per heavy atom. The van der Waals surface area contributed by atoms with Crippen LogP contribution in [0.1, 0.15) is 50.7 Å². The van der Waals surface area contributed by atoms with Crippen LogP contribution in [-0.2, 0) is 10.2 Å². The number of carbonyl (C=O) groups excluding carboxylic acids is 2. The maximum absolute atomic E-state index is 13.6. The molecule has 0 aliphatic carbocycles. The number of fused-ring (bicyclic) bond motifs is 1. The van der Waals surface area contributed by atoms with Gasteiger partial charge in [0.2, 0.25) is 5.91 Å². The Hall–Kier alpha value is -3.64. The second-order valence-corrected chi connectivity index (χ2v) is 10.5. The number of anilines is 1. The summed E-state index contributed by atoms with van der Waals surface area (Å²) in [6.07, 6.45) is 0. The zero-order valence-corrected chi connectivity index (χ0v) is 22.0. The molecule has 6 nitrogen and oxygen atoms in total. The second kappa shape index (κ2) is 10.2. The van der Waals surface area contributed by atoms with Crippen LogP contribution in [0.2, 0.25) is 5.02 Å². The molecule has 2 amide bonds. The van der Waals surface area contributed by atoms with Gasteiger partial charge in [-0.1, -0.05) is 80.9 Å². The van der Waals surface area contributed by atoms with Crippen molar-refractivity contribution in [1.29, 1.82) is 0 Å². The van der Waals surface area contributed by atoms with E-state index in [0.717, 1.165) is 16.5 Å². The Bertz CT molecular complexity index is 1410. The fourth-order valence-electron chi connectivity index (χ4n) is 4.04. The molecule has 186 valence electrons. The normalized spacial score (nSPS) is 11.6. The number of halogens is 1. The molecule has 36 heavy (non-hydrogen) atoms. The maximum atomic E-state index is 13.6. The predicted octanol–water partition coefficient (Wildman–Crippen LogP) is 6.47. The van der Waals surface area contributed by atoms with Crippen molar-refractivity contribution in [2.75, 3.05) is 11.9 Å². The van der Waals surface area contributed by atoms with E-state index in [0.29, 0.717) is 22.1 Å². The zero-order valence-electron chi connectivity index (χ0n) is 21.2. The lowest BCUT2D eigenvalue weighted by atomic mass is 9.92. The van der Waals surface area contributed by atoms with Crippen molar-refractivity contribution in [3.8, 4) is 5.69 Å². The van der Waals surface area contributed by atoms with Gasteiger partial charge < -0.3 is 10.2 Å². The first kappa shape index (κ1) is 25.5. The van der Waals surface area contributed by atoms with Crippen molar-refractivity contribution in [1.82, 2.24) is 14.7 Å². The molecule has 0 aliphatic heterocycles. The first-order valence-electron chi connectivity index (χ1n) is 12.0. The molecule has 0 unspecified atom stereocenters. The van der Waals surface area contributed by atoms with Crippen molar-refractivity contribution in [3.05, 3.63) is 89.1 Å². The monoisotopic (exact) mass is 502 g/mol. The van der Waals surface area contributed by atoms with Crippen LogP contribution in [0.5, 0.6) is 0 Å². The van der Waals surface area contributed by atoms with E-state index in [2.05, 4.69) is 26.1 Å². The molecule has 1 N–H and O–H groups in total. The van der Waals surface area contributed by atoms with E-state index < -0.39 is 0 Å². The van der Waals surface area contributed by atoms with Gasteiger partial charge in [0.1, 0.15) is 12.4 Å². The van der Waals surface area contributed by atoms with E-state index in [4.69, 9.17) is 16.7 Å². The number of rotatable bonds is 6. The van der Waals surface area contributed by atoms with Crippen LogP contribution in [0.15, 0.2) is 72.8 Å². The third-order valence-corrected chi connectivity index (χ3v) is 6.36. The lowest BCUT2D eigenvalue weighted by molar-refractivity contribution is -0.117. The van der Waals surface area contributed by atoms with Crippen LogP contribution in [-0.4, -0.2) is 39.1 Å². The summed E-state index contributed by atoms with van der Waals surface area (Å²) in [5, 5.41) is 10.1. The first-order valence-corrected chi connectivity index (χ1v) is 12.4. The van der Waals surface area contributed by atoms with Gasteiger partial charge in [0.15, 0.2) is 0 Å².